The number of nitrogens with zero attached hydrogens (tertiary/aromatic N) is 1. The Hall–Kier alpha value is -3.56. The number of nitrogens with one attached hydrogen (secondary N) is 1. The minimum absolute atomic E-state index is 0.00653. The number of fused-ring (bicyclic) bond motifs is 2. The molecule has 8 nitrogen and oxygen atoms in total. The second kappa shape index (κ2) is 15.1. The summed E-state index contributed by atoms with van der Waals surface area (Å²) in [5.74, 6) is -0.909. The number of ether oxygens (including phenoxy) is 2. The van der Waals surface area contributed by atoms with E-state index < -0.39 is 12.3 Å². The van der Waals surface area contributed by atoms with Crippen molar-refractivity contribution in [1.82, 2.24) is 10.2 Å². The molecular weight excluding hydrogens is 616 g/mol. The Morgan fingerprint density at radius 1 is 0.878 bits per heavy atom. The normalized spacial score (nSPS) is 26.4. The number of aliphatic carboxylic acids is 1. The number of carbonyl (C=O) groups excluding carboxylic acids is 1. The molecule has 5 atom stereocenters. The zero-order valence-corrected chi connectivity index (χ0v) is 29.2. The highest BCUT2D eigenvalue weighted by atomic mass is 16.7. The molecule has 2 bridgehead atoms. The highest BCUT2D eigenvalue weighted by molar-refractivity contribution is 5.76. The van der Waals surface area contributed by atoms with Crippen LogP contribution in [-0.4, -0.2) is 52.2 Å². The van der Waals surface area contributed by atoms with E-state index >= 15 is 0 Å². The Balaban J connectivity index is 1.17. The Labute approximate surface area is 290 Å². The third-order valence-corrected chi connectivity index (χ3v) is 10.5. The molecule has 262 valence electrons. The first kappa shape index (κ1) is 35.3. The van der Waals surface area contributed by atoms with Crippen LogP contribution in [0.3, 0.4) is 0 Å². The van der Waals surface area contributed by atoms with Gasteiger partial charge in [-0.1, -0.05) is 81.4 Å². The molecule has 3 aliphatic rings. The summed E-state index contributed by atoms with van der Waals surface area (Å²) in [6.07, 6.45) is 5.31. The van der Waals surface area contributed by atoms with Gasteiger partial charge in [0.25, 0.3) is 0 Å². The van der Waals surface area contributed by atoms with E-state index in [2.05, 4.69) is 73.5 Å². The average molecular weight is 669 g/mol. The van der Waals surface area contributed by atoms with Gasteiger partial charge < -0.3 is 25.0 Å². The molecule has 3 aromatic rings. The van der Waals surface area contributed by atoms with Gasteiger partial charge in [-0.3, -0.25) is 14.5 Å². The van der Waals surface area contributed by atoms with Crippen LogP contribution in [0.5, 0.6) is 0 Å². The predicted molar refractivity (Wildman–Crippen MR) is 189 cm³/mol. The van der Waals surface area contributed by atoms with E-state index in [9.17, 15) is 14.7 Å². The summed E-state index contributed by atoms with van der Waals surface area (Å²) in [6.45, 7) is 9.71. The number of carboxylic acids is 1. The molecule has 2 heterocycles. The number of carbonyl (C=O) groups is 2. The standard InChI is InChI=1S/C41H52N2O6/c1-40(2)21-34-22-41(3,26-40)27-43(34)24-35-20-36(30-16-14-28(25-44)15-17-30)49-39(48-35)33-11-7-10-32(19-33)31-9-6-8-29(18-31)23-42-37(45)12-4-5-13-38(46)47/h6-11,14-19,34-36,39,44H,4-5,12-13,20-27H2,1-3H3,(H,42,45)(H,46,47)/t34?,35-,36+,39+,41?/m1/s1. The van der Waals surface area contributed by atoms with Gasteiger partial charge >= 0.3 is 5.97 Å². The fourth-order valence-electron chi connectivity index (χ4n) is 8.66. The van der Waals surface area contributed by atoms with Crippen molar-refractivity contribution in [2.24, 2.45) is 10.8 Å². The molecular formula is C41H52N2O6. The van der Waals surface area contributed by atoms with Gasteiger partial charge in [-0.05, 0) is 82.9 Å². The smallest absolute Gasteiger partial charge is 0.303 e. The molecule has 0 spiro atoms. The number of unbranched alkanes of at least 4 members (excludes halogenated alkanes) is 1. The quantitative estimate of drug-likeness (QED) is 0.161. The first-order valence-electron chi connectivity index (χ1n) is 17.9. The second-order valence-electron chi connectivity index (χ2n) is 15.7. The van der Waals surface area contributed by atoms with Gasteiger partial charge in [-0.2, -0.15) is 0 Å². The molecule has 49 heavy (non-hydrogen) atoms. The van der Waals surface area contributed by atoms with E-state index in [0.29, 0.717) is 42.7 Å². The van der Waals surface area contributed by atoms with Crippen molar-refractivity contribution in [1.29, 1.82) is 0 Å². The number of hydrogen-bond donors (Lipinski definition) is 3. The van der Waals surface area contributed by atoms with Crippen LogP contribution in [0.1, 0.15) is 107 Å². The van der Waals surface area contributed by atoms with E-state index in [1.165, 1.54) is 19.3 Å². The van der Waals surface area contributed by atoms with Crippen molar-refractivity contribution in [3.63, 3.8) is 0 Å². The van der Waals surface area contributed by atoms with Gasteiger partial charge in [0.1, 0.15) is 0 Å². The monoisotopic (exact) mass is 668 g/mol. The van der Waals surface area contributed by atoms with Crippen molar-refractivity contribution in [3.8, 4) is 11.1 Å². The highest BCUT2D eigenvalue weighted by Crippen LogP contribution is 2.53. The first-order valence-corrected chi connectivity index (χ1v) is 17.9. The molecule has 1 aliphatic carbocycles. The summed E-state index contributed by atoms with van der Waals surface area (Å²) in [5.41, 5.74) is 6.73. The maximum atomic E-state index is 12.3. The lowest BCUT2D eigenvalue weighted by Gasteiger charge is -2.41. The predicted octanol–water partition coefficient (Wildman–Crippen LogP) is 7.55. The molecule has 8 heteroatoms. The lowest BCUT2D eigenvalue weighted by Crippen LogP contribution is -2.42. The Bertz CT molecular complexity index is 1610. The number of benzene rings is 3. The van der Waals surface area contributed by atoms with Crippen LogP contribution in [0.4, 0.5) is 0 Å². The number of aliphatic hydroxyl groups is 1. The molecule has 1 saturated carbocycles. The van der Waals surface area contributed by atoms with E-state index in [1.54, 1.807) is 0 Å². The average Bonchev–Trinajstić information content (AvgIpc) is 3.32. The van der Waals surface area contributed by atoms with Gasteiger partial charge in [0.05, 0.1) is 18.8 Å². The zero-order valence-electron chi connectivity index (χ0n) is 29.2. The van der Waals surface area contributed by atoms with Crippen LogP contribution in [0.2, 0.25) is 0 Å². The van der Waals surface area contributed by atoms with Crippen molar-refractivity contribution >= 4 is 11.9 Å². The van der Waals surface area contributed by atoms with Crippen molar-refractivity contribution in [3.05, 3.63) is 95.1 Å². The Kier molecular flexibility index (Phi) is 10.9. The van der Waals surface area contributed by atoms with Crippen LogP contribution in [-0.2, 0) is 32.2 Å². The molecule has 1 amide bonds. The maximum absolute atomic E-state index is 12.3. The van der Waals surface area contributed by atoms with Crippen LogP contribution in [0.15, 0.2) is 72.8 Å². The molecule has 0 aromatic heterocycles. The molecule has 3 fully saturated rings. The lowest BCUT2D eigenvalue weighted by atomic mass is 9.65. The SMILES string of the molecule is CC1(C)CC2CC(C)(CN2C[C@H]2C[C@@H](c3ccc(CO)cc3)O[C@@H](c3cccc(-c4cccc(CNC(=O)CCCCC(=O)O)c4)c3)O2)C1. The minimum Gasteiger partial charge on any atom is -0.481 e. The molecule has 3 aromatic carbocycles. The van der Waals surface area contributed by atoms with Crippen molar-refractivity contribution in [2.45, 2.75) is 110 Å². The van der Waals surface area contributed by atoms with E-state index in [1.807, 2.05) is 30.3 Å². The third kappa shape index (κ3) is 9.17. The van der Waals surface area contributed by atoms with Crippen molar-refractivity contribution in [2.75, 3.05) is 13.1 Å². The summed E-state index contributed by atoms with van der Waals surface area (Å²) in [7, 11) is 0. The second-order valence-corrected chi connectivity index (χ2v) is 15.7. The van der Waals surface area contributed by atoms with Crippen LogP contribution < -0.4 is 5.32 Å². The van der Waals surface area contributed by atoms with Crippen molar-refractivity contribution < 1.29 is 29.3 Å². The first-order chi connectivity index (χ1) is 23.5. The molecule has 0 radical (unpaired) electrons. The summed E-state index contributed by atoms with van der Waals surface area (Å²) in [5, 5.41) is 21.4. The number of hydrogen-bond acceptors (Lipinski definition) is 6. The van der Waals surface area contributed by atoms with E-state index in [0.717, 1.165) is 52.9 Å². The fraction of sp³-hybridized carbons (Fsp3) is 0.512. The minimum atomic E-state index is -0.834. The lowest BCUT2D eigenvalue weighted by molar-refractivity contribution is -0.253. The van der Waals surface area contributed by atoms with Crippen LogP contribution in [0, 0.1) is 10.8 Å². The molecule has 2 unspecified atom stereocenters. The maximum Gasteiger partial charge on any atom is 0.303 e. The molecule has 2 saturated heterocycles. The summed E-state index contributed by atoms with van der Waals surface area (Å²) in [4.78, 5) is 25.7. The summed E-state index contributed by atoms with van der Waals surface area (Å²) >= 11 is 0. The van der Waals surface area contributed by atoms with Gasteiger partial charge in [-0.25, -0.2) is 0 Å². The number of rotatable bonds is 13. The van der Waals surface area contributed by atoms with E-state index in [-0.39, 0.29) is 31.1 Å². The molecule has 2 aliphatic heterocycles. The topological polar surface area (TPSA) is 108 Å². The highest BCUT2D eigenvalue weighted by Gasteiger charge is 2.50. The third-order valence-electron chi connectivity index (χ3n) is 10.5. The fourth-order valence-corrected chi connectivity index (χ4v) is 8.66. The van der Waals surface area contributed by atoms with Gasteiger partial charge in [-0.15, -0.1) is 0 Å². The van der Waals surface area contributed by atoms with Gasteiger partial charge in [0.15, 0.2) is 6.29 Å². The number of amides is 1. The summed E-state index contributed by atoms with van der Waals surface area (Å²) < 4.78 is 13.5. The van der Waals surface area contributed by atoms with Gasteiger partial charge in [0, 0.05) is 50.5 Å². The zero-order chi connectivity index (χ0) is 34.6. The summed E-state index contributed by atoms with van der Waals surface area (Å²) in [6, 6.07) is 25.2. The Morgan fingerprint density at radius 2 is 1.61 bits per heavy atom. The van der Waals surface area contributed by atoms with Crippen LogP contribution >= 0.6 is 0 Å². The Morgan fingerprint density at radius 3 is 2.37 bits per heavy atom. The number of likely N-dealkylation sites (tertiary alicyclic amines) is 1. The molecule has 3 N–H and O–H groups in total. The number of carboxylic acid groups (broad SMARTS) is 1. The van der Waals surface area contributed by atoms with Crippen LogP contribution in [0.25, 0.3) is 11.1 Å². The number of aliphatic hydroxyl groups excluding tert-OH is 1. The van der Waals surface area contributed by atoms with E-state index in [4.69, 9.17) is 14.6 Å². The van der Waals surface area contributed by atoms with Gasteiger partial charge in [0.2, 0.25) is 5.91 Å². The molecule has 6 rings (SSSR count). The largest absolute Gasteiger partial charge is 0.481 e.